The van der Waals surface area contributed by atoms with E-state index in [-0.39, 0.29) is 5.84 Å². The number of nitrogens with zero attached hydrogens (tertiary/aromatic N) is 2. The van der Waals surface area contributed by atoms with Crippen molar-refractivity contribution in [3.8, 4) is 0 Å². The van der Waals surface area contributed by atoms with E-state index in [0.29, 0.717) is 0 Å². The van der Waals surface area contributed by atoms with Crippen molar-refractivity contribution in [3.05, 3.63) is 0 Å². The molecule has 0 aromatic rings. The van der Waals surface area contributed by atoms with Gasteiger partial charge in [-0.1, -0.05) is 5.16 Å². The molecule has 0 aromatic heterocycles. The van der Waals surface area contributed by atoms with E-state index in [9.17, 15) is 4.79 Å². The smallest absolute Gasteiger partial charge is 0.409 e. The lowest BCUT2D eigenvalue weighted by molar-refractivity contribution is 0.128. The van der Waals surface area contributed by atoms with Crippen molar-refractivity contribution in [2.45, 2.75) is 13.0 Å². The first kappa shape index (κ1) is 10.5. The zero-order chi connectivity index (χ0) is 9.72. The maximum atomic E-state index is 10.9. The highest BCUT2D eigenvalue weighted by molar-refractivity contribution is 5.87. The molecule has 0 spiro atoms. The fourth-order valence-electron chi connectivity index (χ4n) is 0.584. The Hall–Kier alpha value is -1.46. The first-order valence-corrected chi connectivity index (χ1v) is 3.32. The van der Waals surface area contributed by atoms with Gasteiger partial charge in [-0.15, -0.1) is 0 Å². The Balaban J connectivity index is 4.28. The molecule has 0 radical (unpaired) electrons. The number of rotatable bonds is 2. The number of amidine groups is 1. The fraction of sp³-hybridized carbons (Fsp3) is 0.667. The van der Waals surface area contributed by atoms with Crippen molar-refractivity contribution in [2.24, 2.45) is 10.9 Å². The molecule has 0 bridgehead atoms. The minimum Gasteiger partial charge on any atom is -0.453 e. The summed E-state index contributed by atoms with van der Waals surface area (Å²) in [4.78, 5) is 12.1. The van der Waals surface area contributed by atoms with Gasteiger partial charge in [-0.2, -0.15) is 0 Å². The fourth-order valence-corrected chi connectivity index (χ4v) is 0.584. The first-order chi connectivity index (χ1) is 5.54. The third kappa shape index (κ3) is 2.30. The third-order valence-electron chi connectivity index (χ3n) is 1.59. The van der Waals surface area contributed by atoms with E-state index in [1.807, 2.05) is 0 Å². The van der Waals surface area contributed by atoms with E-state index < -0.39 is 12.1 Å². The largest absolute Gasteiger partial charge is 0.453 e. The van der Waals surface area contributed by atoms with E-state index in [4.69, 9.17) is 10.9 Å². The average Bonchev–Trinajstić information content (AvgIpc) is 2.12. The molecule has 6 nitrogen and oxygen atoms in total. The summed E-state index contributed by atoms with van der Waals surface area (Å²) in [7, 11) is 2.76. The summed E-state index contributed by atoms with van der Waals surface area (Å²) in [6.45, 7) is 1.62. The standard InChI is InChI=1S/C6H13N3O3/c1-4(5(7)8-11)9(2)6(10)12-3/h4,11H,1-3H3,(H2,7,8). The van der Waals surface area contributed by atoms with Crippen molar-refractivity contribution in [1.82, 2.24) is 4.90 Å². The number of likely N-dealkylation sites (N-methyl/N-ethyl adjacent to an activating group) is 1. The minimum absolute atomic E-state index is 0.0390. The van der Waals surface area contributed by atoms with Gasteiger partial charge in [-0.05, 0) is 6.92 Å². The number of carbonyl (C=O) groups excluding carboxylic acids is 1. The van der Waals surface area contributed by atoms with Crippen LogP contribution in [-0.4, -0.2) is 42.2 Å². The molecule has 12 heavy (non-hydrogen) atoms. The molecule has 0 aliphatic heterocycles. The van der Waals surface area contributed by atoms with E-state index >= 15 is 0 Å². The Labute approximate surface area is 70.6 Å². The van der Waals surface area contributed by atoms with Crippen molar-refractivity contribution in [1.29, 1.82) is 0 Å². The Morgan fingerprint density at radius 2 is 2.25 bits per heavy atom. The van der Waals surface area contributed by atoms with Gasteiger partial charge in [0.15, 0.2) is 5.84 Å². The molecular weight excluding hydrogens is 162 g/mol. The topological polar surface area (TPSA) is 88.2 Å². The number of hydrogen-bond donors (Lipinski definition) is 2. The predicted octanol–water partition coefficient (Wildman–Crippen LogP) is -0.181. The zero-order valence-corrected chi connectivity index (χ0v) is 7.31. The second-order valence-corrected chi connectivity index (χ2v) is 2.28. The molecule has 0 saturated heterocycles. The Morgan fingerprint density at radius 3 is 2.58 bits per heavy atom. The van der Waals surface area contributed by atoms with Gasteiger partial charge in [0.05, 0.1) is 13.2 Å². The van der Waals surface area contributed by atoms with E-state index in [1.165, 1.54) is 19.1 Å². The summed E-state index contributed by atoms with van der Waals surface area (Å²) in [5, 5.41) is 11.1. The third-order valence-corrected chi connectivity index (χ3v) is 1.59. The van der Waals surface area contributed by atoms with Crippen LogP contribution in [0.15, 0.2) is 5.16 Å². The summed E-state index contributed by atoms with van der Waals surface area (Å²) in [5.41, 5.74) is 5.26. The van der Waals surface area contributed by atoms with Crippen molar-refractivity contribution < 1.29 is 14.7 Å². The number of carbonyl (C=O) groups is 1. The quantitative estimate of drug-likeness (QED) is 0.264. The number of ether oxygens (including phenoxy) is 1. The van der Waals surface area contributed by atoms with Crippen LogP contribution in [0.3, 0.4) is 0 Å². The van der Waals surface area contributed by atoms with Crippen LogP contribution in [0.5, 0.6) is 0 Å². The summed E-state index contributed by atoms with van der Waals surface area (Å²) in [6.07, 6.45) is -0.533. The molecule has 1 unspecified atom stereocenters. The van der Waals surface area contributed by atoms with Crippen molar-refractivity contribution in [2.75, 3.05) is 14.2 Å². The molecule has 0 rings (SSSR count). The maximum Gasteiger partial charge on any atom is 0.409 e. The van der Waals surface area contributed by atoms with Crippen LogP contribution in [0.25, 0.3) is 0 Å². The molecule has 0 aromatic carbocycles. The van der Waals surface area contributed by atoms with Crippen LogP contribution >= 0.6 is 0 Å². The van der Waals surface area contributed by atoms with Gasteiger partial charge < -0.3 is 20.6 Å². The molecule has 70 valence electrons. The van der Waals surface area contributed by atoms with Gasteiger partial charge in [0.2, 0.25) is 0 Å². The number of nitrogens with two attached hydrogens (primary N) is 1. The van der Waals surface area contributed by atoms with Crippen LogP contribution in [0.4, 0.5) is 4.79 Å². The highest BCUT2D eigenvalue weighted by Gasteiger charge is 2.19. The van der Waals surface area contributed by atoms with Gasteiger partial charge in [0.1, 0.15) is 0 Å². The van der Waals surface area contributed by atoms with Gasteiger partial charge in [0.25, 0.3) is 0 Å². The summed E-state index contributed by atoms with van der Waals surface area (Å²) >= 11 is 0. The molecule has 3 N–H and O–H groups in total. The highest BCUT2D eigenvalue weighted by atomic mass is 16.5. The molecule has 0 saturated carbocycles. The summed E-state index contributed by atoms with van der Waals surface area (Å²) in [5.74, 6) is -0.0390. The van der Waals surface area contributed by atoms with Crippen LogP contribution in [0.2, 0.25) is 0 Å². The second kappa shape index (κ2) is 4.42. The van der Waals surface area contributed by atoms with Crippen LogP contribution < -0.4 is 5.73 Å². The van der Waals surface area contributed by atoms with Gasteiger partial charge in [-0.25, -0.2) is 4.79 Å². The Morgan fingerprint density at radius 1 is 1.75 bits per heavy atom. The maximum absolute atomic E-state index is 10.9. The first-order valence-electron chi connectivity index (χ1n) is 3.32. The normalized spacial score (nSPS) is 13.8. The highest BCUT2D eigenvalue weighted by Crippen LogP contribution is 1.97. The lowest BCUT2D eigenvalue weighted by Gasteiger charge is -2.21. The van der Waals surface area contributed by atoms with Crippen LogP contribution in [0.1, 0.15) is 6.92 Å². The number of methoxy groups -OCH3 is 1. The second-order valence-electron chi connectivity index (χ2n) is 2.28. The molecule has 0 aliphatic rings. The van der Waals surface area contributed by atoms with E-state index in [2.05, 4.69) is 9.89 Å². The van der Waals surface area contributed by atoms with Gasteiger partial charge in [0, 0.05) is 7.05 Å². The number of amides is 1. The molecule has 1 amide bonds. The number of hydrogen-bond acceptors (Lipinski definition) is 4. The molecular formula is C6H13N3O3. The molecule has 0 fully saturated rings. The van der Waals surface area contributed by atoms with Crippen molar-refractivity contribution in [3.63, 3.8) is 0 Å². The molecule has 0 aliphatic carbocycles. The SMILES string of the molecule is COC(=O)N(C)C(C)C(N)=NO. The summed E-state index contributed by atoms with van der Waals surface area (Å²) in [6, 6.07) is -0.484. The molecule has 0 heterocycles. The zero-order valence-electron chi connectivity index (χ0n) is 7.31. The van der Waals surface area contributed by atoms with Crippen LogP contribution in [-0.2, 0) is 4.74 Å². The Kier molecular flexibility index (Phi) is 3.89. The molecule has 1 atom stereocenters. The van der Waals surface area contributed by atoms with Gasteiger partial charge >= 0.3 is 6.09 Å². The lowest BCUT2D eigenvalue weighted by Crippen LogP contribution is -2.43. The van der Waals surface area contributed by atoms with E-state index in [1.54, 1.807) is 6.92 Å². The lowest BCUT2D eigenvalue weighted by atomic mass is 10.3. The van der Waals surface area contributed by atoms with Crippen molar-refractivity contribution >= 4 is 11.9 Å². The average molecular weight is 175 g/mol. The van der Waals surface area contributed by atoms with Gasteiger partial charge in [-0.3, -0.25) is 0 Å². The monoisotopic (exact) mass is 175 g/mol. The number of oxime groups is 1. The predicted molar refractivity (Wildman–Crippen MR) is 43.0 cm³/mol. The summed E-state index contributed by atoms with van der Waals surface area (Å²) < 4.78 is 4.42. The molecule has 6 heteroatoms. The van der Waals surface area contributed by atoms with Crippen LogP contribution in [0, 0.1) is 0 Å². The minimum atomic E-state index is -0.533. The Bertz CT molecular complexity index is 192. The van der Waals surface area contributed by atoms with E-state index in [0.717, 1.165) is 0 Å².